The van der Waals surface area contributed by atoms with Gasteiger partial charge in [0.2, 0.25) is 0 Å². The van der Waals surface area contributed by atoms with E-state index in [0.29, 0.717) is 0 Å². The van der Waals surface area contributed by atoms with Crippen LogP contribution in [-0.2, 0) is 5.41 Å². The van der Waals surface area contributed by atoms with Crippen LogP contribution < -0.4 is 21.8 Å². The van der Waals surface area contributed by atoms with Gasteiger partial charge in [0.15, 0.2) is 0 Å². The van der Waals surface area contributed by atoms with Crippen LogP contribution in [0.4, 0.5) is 0 Å². The molecule has 0 amide bonds. The monoisotopic (exact) mass is 335 g/mol. The highest BCUT2D eigenvalue weighted by atomic mass is 16.1. The lowest BCUT2D eigenvalue weighted by molar-refractivity contribution is 0.651. The Hall–Kier alpha value is -3.08. The normalized spacial score (nSPS) is 13.6. The van der Waals surface area contributed by atoms with Crippen LogP contribution in [0, 0.1) is 0 Å². The molecule has 3 N–H and O–H groups in total. The molecule has 0 unspecified atom stereocenters. The van der Waals surface area contributed by atoms with E-state index in [2.05, 4.69) is 21.5 Å². The van der Waals surface area contributed by atoms with Gasteiger partial charge < -0.3 is 15.0 Å². The topological polar surface area (TPSA) is 81.5 Å². The number of hydrogen-bond donors (Lipinski definition) is 3. The smallest absolute Gasteiger partial charge is 0.272 e. The van der Waals surface area contributed by atoms with Crippen molar-refractivity contribution in [1.82, 2.24) is 15.0 Å². The highest BCUT2D eigenvalue weighted by Gasteiger charge is 2.23. The second-order valence-corrected chi connectivity index (χ2v) is 6.55. The van der Waals surface area contributed by atoms with Crippen molar-refractivity contribution >= 4 is 23.1 Å². The third kappa shape index (κ3) is 2.89. The molecule has 3 rings (SSSR count). The minimum atomic E-state index is -0.333. The van der Waals surface area contributed by atoms with Gasteiger partial charge in [-0.2, -0.15) is 0 Å². The molecule has 2 aromatic heterocycles. The molecule has 128 valence electrons. The molecule has 0 aliphatic heterocycles. The van der Waals surface area contributed by atoms with Crippen molar-refractivity contribution in [2.24, 2.45) is 0 Å². The first-order valence-electron chi connectivity index (χ1n) is 8.13. The minimum Gasteiger partial charge on any atom is -0.357 e. The number of aromatic amines is 3. The number of hydrogen-bond acceptors (Lipinski definition) is 2. The maximum atomic E-state index is 12.3. The maximum Gasteiger partial charge on any atom is 0.272 e. The lowest BCUT2D eigenvalue weighted by Gasteiger charge is -2.19. The zero-order valence-electron chi connectivity index (χ0n) is 14.6. The van der Waals surface area contributed by atoms with Gasteiger partial charge in [-0.05, 0) is 19.1 Å². The average molecular weight is 335 g/mol. The van der Waals surface area contributed by atoms with Crippen LogP contribution in [0.2, 0.25) is 0 Å². The highest BCUT2D eigenvalue weighted by Crippen LogP contribution is 2.32. The molecule has 0 atom stereocenters. The number of fused-ring (bicyclic) bond motifs is 1. The molecule has 1 aromatic carbocycles. The van der Waals surface area contributed by atoms with Gasteiger partial charge in [-0.15, -0.1) is 6.58 Å². The number of aromatic nitrogens is 3. The number of benzene rings is 1. The highest BCUT2D eigenvalue weighted by molar-refractivity contribution is 5.91. The molecule has 3 aromatic rings. The van der Waals surface area contributed by atoms with Crippen LogP contribution in [0.15, 0.2) is 46.5 Å². The number of nitrogens with one attached hydrogen (secondary N) is 3. The zero-order chi connectivity index (χ0) is 18.2. The summed E-state index contributed by atoms with van der Waals surface area (Å²) < 4.78 is 0. The molecule has 0 bridgehead atoms. The van der Waals surface area contributed by atoms with Gasteiger partial charge in [-0.25, -0.2) is 0 Å². The third-order valence-electron chi connectivity index (χ3n) is 4.46. The summed E-state index contributed by atoms with van der Waals surface area (Å²) in [4.78, 5) is 33.1. The van der Waals surface area contributed by atoms with Gasteiger partial charge >= 0.3 is 0 Å². The van der Waals surface area contributed by atoms with Crippen LogP contribution in [-0.4, -0.2) is 15.0 Å². The second-order valence-electron chi connectivity index (χ2n) is 6.55. The van der Waals surface area contributed by atoms with Gasteiger partial charge in [0.1, 0.15) is 10.7 Å². The predicted octanol–water partition coefficient (Wildman–Crippen LogP) is 1.64. The van der Waals surface area contributed by atoms with Crippen molar-refractivity contribution in [2.75, 3.05) is 0 Å². The summed E-state index contributed by atoms with van der Waals surface area (Å²) in [6.45, 7) is 9.71. The van der Waals surface area contributed by atoms with E-state index >= 15 is 0 Å². The Morgan fingerprint density at radius 1 is 1.00 bits per heavy atom. The number of rotatable bonds is 3. The SMILES string of the molecule is C=CC(C)(C)c1[nH]c2ccccc2c1C=c1[nH]c(=O)c(=CC)[nH]c1=O. The molecule has 0 fully saturated rings. The molecule has 2 heterocycles. The van der Waals surface area contributed by atoms with E-state index in [1.807, 2.05) is 44.2 Å². The quantitative estimate of drug-likeness (QED) is 0.636. The fourth-order valence-corrected chi connectivity index (χ4v) is 2.87. The fourth-order valence-electron chi connectivity index (χ4n) is 2.87. The van der Waals surface area contributed by atoms with E-state index in [1.165, 1.54) is 0 Å². The lowest BCUT2D eigenvalue weighted by Crippen LogP contribution is -2.46. The molecule has 5 nitrogen and oxygen atoms in total. The van der Waals surface area contributed by atoms with Crippen molar-refractivity contribution in [3.8, 4) is 0 Å². The lowest BCUT2D eigenvalue weighted by atomic mass is 9.86. The van der Waals surface area contributed by atoms with E-state index in [0.717, 1.165) is 22.2 Å². The Morgan fingerprint density at radius 3 is 2.32 bits per heavy atom. The van der Waals surface area contributed by atoms with Crippen molar-refractivity contribution in [2.45, 2.75) is 26.2 Å². The largest absolute Gasteiger partial charge is 0.357 e. The average Bonchev–Trinajstić information content (AvgIpc) is 2.97. The van der Waals surface area contributed by atoms with Gasteiger partial charge in [0, 0.05) is 27.6 Å². The first-order chi connectivity index (χ1) is 11.9. The number of allylic oxidation sites excluding steroid dienone is 1. The molecule has 0 aliphatic rings. The van der Waals surface area contributed by atoms with Crippen LogP contribution in [0.25, 0.3) is 23.1 Å². The summed E-state index contributed by atoms with van der Waals surface area (Å²) in [6.07, 6.45) is 5.15. The second kappa shape index (κ2) is 6.09. The molecule has 0 saturated carbocycles. The summed E-state index contributed by atoms with van der Waals surface area (Å²) in [6, 6.07) is 7.87. The van der Waals surface area contributed by atoms with Crippen molar-refractivity contribution in [1.29, 1.82) is 0 Å². The first kappa shape index (κ1) is 16.8. The van der Waals surface area contributed by atoms with E-state index < -0.39 is 0 Å². The summed E-state index contributed by atoms with van der Waals surface area (Å²) in [5.74, 6) is 0. The summed E-state index contributed by atoms with van der Waals surface area (Å²) in [7, 11) is 0. The molecule has 0 spiro atoms. The van der Waals surface area contributed by atoms with Crippen molar-refractivity contribution < 1.29 is 0 Å². The Bertz CT molecular complexity index is 1190. The Balaban J connectivity index is 2.42. The van der Waals surface area contributed by atoms with Crippen molar-refractivity contribution in [3.63, 3.8) is 0 Å². The standard InChI is InChI=1S/C20H21N3O2/c1-5-14-18(24)23-16(19(25)22-14)11-13-12-9-7-8-10-15(12)21-17(13)20(3,4)6-2/h5-11,21H,2H2,1,3-4H3,(H,22,25)(H,23,24). The van der Waals surface area contributed by atoms with Crippen LogP contribution in [0.1, 0.15) is 32.0 Å². The molecular formula is C20H21N3O2. The molecule has 0 aliphatic carbocycles. The van der Waals surface area contributed by atoms with Gasteiger partial charge in [-0.1, -0.05) is 44.2 Å². The van der Waals surface area contributed by atoms with E-state index in [4.69, 9.17) is 0 Å². The van der Waals surface area contributed by atoms with Gasteiger partial charge in [0.05, 0.1) is 0 Å². The maximum absolute atomic E-state index is 12.3. The summed E-state index contributed by atoms with van der Waals surface area (Å²) in [5, 5.41) is 1.47. The molecule has 0 radical (unpaired) electrons. The Labute approximate surface area is 144 Å². The zero-order valence-corrected chi connectivity index (χ0v) is 14.6. The first-order valence-corrected chi connectivity index (χ1v) is 8.13. The van der Waals surface area contributed by atoms with Crippen LogP contribution in [0.3, 0.4) is 0 Å². The van der Waals surface area contributed by atoms with E-state index in [9.17, 15) is 9.59 Å². The Morgan fingerprint density at radius 2 is 1.64 bits per heavy atom. The molecular weight excluding hydrogens is 314 g/mol. The molecule has 25 heavy (non-hydrogen) atoms. The predicted molar refractivity (Wildman–Crippen MR) is 102 cm³/mol. The summed E-state index contributed by atoms with van der Waals surface area (Å²) in [5.41, 5.74) is 1.80. The summed E-state index contributed by atoms with van der Waals surface area (Å²) >= 11 is 0. The van der Waals surface area contributed by atoms with Crippen LogP contribution >= 0.6 is 0 Å². The fraction of sp³-hybridized carbons (Fsp3) is 0.200. The number of H-pyrrole nitrogens is 3. The van der Waals surface area contributed by atoms with E-state index in [1.54, 1.807) is 19.1 Å². The third-order valence-corrected chi connectivity index (χ3v) is 4.46. The van der Waals surface area contributed by atoms with Crippen LogP contribution in [0.5, 0.6) is 0 Å². The molecule has 5 heteroatoms. The molecule has 0 saturated heterocycles. The van der Waals surface area contributed by atoms with E-state index in [-0.39, 0.29) is 27.2 Å². The number of para-hydroxylation sites is 1. The minimum absolute atomic E-state index is 0.224. The van der Waals surface area contributed by atoms with Gasteiger partial charge in [0.25, 0.3) is 11.1 Å². The van der Waals surface area contributed by atoms with Crippen molar-refractivity contribution in [3.05, 3.63) is 79.6 Å². The van der Waals surface area contributed by atoms with Gasteiger partial charge in [-0.3, -0.25) is 9.59 Å². The Kier molecular flexibility index (Phi) is 4.08.